The largest absolute Gasteiger partial charge is 0.453 e. The highest BCUT2D eigenvalue weighted by Gasteiger charge is 2.27. The molecule has 0 bridgehead atoms. The number of carbonyl (C=O) groups excluding carboxylic acids is 1. The van der Waals surface area contributed by atoms with E-state index in [1.54, 1.807) is 12.4 Å². The molecule has 8 nitrogen and oxygen atoms in total. The number of ether oxygens (including phenoxy) is 1. The number of methoxy groups -OCH3 is 1. The van der Waals surface area contributed by atoms with Crippen LogP contribution in [0.1, 0.15) is 6.42 Å². The zero-order valence-electron chi connectivity index (χ0n) is 11.1. The van der Waals surface area contributed by atoms with Crippen LogP contribution in [0.4, 0.5) is 16.4 Å². The Kier molecular flexibility index (Phi) is 3.05. The summed E-state index contributed by atoms with van der Waals surface area (Å²) in [6.45, 7) is 1.45. The minimum absolute atomic E-state index is 0.0423. The summed E-state index contributed by atoms with van der Waals surface area (Å²) >= 11 is 0. The molecule has 0 aliphatic carbocycles. The number of fused-ring (bicyclic) bond motifs is 1. The monoisotopic (exact) mass is 276 g/mol. The lowest BCUT2D eigenvalue weighted by Crippen LogP contribution is -2.37. The number of nitrogens with zero attached hydrogens (tertiary/aromatic N) is 4. The second kappa shape index (κ2) is 4.87. The molecule has 1 amide bonds. The lowest BCUT2D eigenvalue weighted by Gasteiger charge is -2.18. The van der Waals surface area contributed by atoms with Crippen molar-refractivity contribution in [2.75, 3.05) is 30.8 Å². The molecule has 3 N–H and O–H groups in total. The minimum atomic E-state index is -0.414. The van der Waals surface area contributed by atoms with Gasteiger partial charge in [0, 0.05) is 25.5 Å². The Balaban J connectivity index is 1.82. The summed E-state index contributed by atoms with van der Waals surface area (Å²) in [6, 6.07) is 0.0423. The molecule has 0 aromatic carbocycles. The number of amides is 1. The molecule has 1 aliphatic rings. The van der Waals surface area contributed by atoms with Gasteiger partial charge in [-0.1, -0.05) is 0 Å². The molecule has 1 aliphatic heterocycles. The van der Waals surface area contributed by atoms with E-state index in [-0.39, 0.29) is 6.04 Å². The first-order valence-corrected chi connectivity index (χ1v) is 6.36. The summed E-state index contributed by atoms with van der Waals surface area (Å²) < 4.78 is 6.46. The number of alkyl carbamates (subject to hydrolysis) is 1. The van der Waals surface area contributed by atoms with Gasteiger partial charge in [0.25, 0.3) is 0 Å². The van der Waals surface area contributed by atoms with Gasteiger partial charge in [0.2, 0.25) is 0 Å². The Hall–Kier alpha value is -2.51. The summed E-state index contributed by atoms with van der Waals surface area (Å²) in [4.78, 5) is 22.0. The van der Waals surface area contributed by atoms with Crippen LogP contribution in [0.2, 0.25) is 0 Å². The summed E-state index contributed by atoms with van der Waals surface area (Å²) in [5.41, 5.74) is 6.57. The highest BCUT2D eigenvalue weighted by molar-refractivity contribution is 5.69. The molecule has 2 aromatic rings. The third-order valence-corrected chi connectivity index (χ3v) is 3.37. The molecule has 0 radical (unpaired) electrons. The first-order valence-electron chi connectivity index (χ1n) is 6.36. The average molecular weight is 276 g/mol. The van der Waals surface area contributed by atoms with Crippen molar-refractivity contribution in [3.63, 3.8) is 0 Å². The van der Waals surface area contributed by atoms with Gasteiger partial charge in [0.15, 0.2) is 11.5 Å². The minimum Gasteiger partial charge on any atom is -0.453 e. The van der Waals surface area contributed by atoms with Gasteiger partial charge in [-0.15, -0.1) is 0 Å². The Morgan fingerprint density at radius 2 is 2.45 bits per heavy atom. The standard InChI is InChI=1S/C12H16N6O2/c1-20-12(19)15-8-2-4-17(6-8)11-10-14-3-5-18(10)7-9(13)16-11/h3,5,7-8H,2,4,6,13H2,1H3,(H,15,19). The molecule has 106 valence electrons. The molecule has 20 heavy (non-hydrogen) atoms. The van der Waals surface area contributed by atoms with E-state index in [9.17, 15) is 4.79 Å². The number of hydrogen-bond acceptors (Lipinski definition) is 6. The van der Waals surface area contributed by atoms with Crippen LogP contribution in [0.25, 0.3) is 5.65 Å². The van der Waals surface area contributed by atoms with E-state index in [0.717, 1.165) is 24.4 Å². The Morgan fingerprint density at radius 1 is 1.60 bits per heavy atom. The van der Waals surface area contributed by atoms with Crippen LogP contribution in [0.15, 0.2) is 18.6 Å². The topological polar surface area (TPSA) is 97.8 Å². The summed E-state index contributed by atoms with van der Waals surface area (Å²) in [5.74, 6) is 1.18. The zero-order valence-corrected chi connectivity index (χ0v) is 11.1. The van der Waals surface area contributed by atoms with Gasteiger partial charge >= 0.3 is 6.09 Å². The van der Waals surface area contributed by atoms with Crippen LogP contribution in [0.3, 0.4) is 0 Å². The molecule has 3 heterocycles. The fourth-order valence-corrected chi connectivity index (χ4v) is 2.44. The number of rotatable bonds is 2. The predicted octanol–water partition coefficient (Wildman–Crippen LogP) is 0.246. The number of nitrogen functional groups attached to an aromatic ring is 1. The van der Waals surface area contributed by atoms with Crippen LogP contribution in [0.5, 0.6) is 0 Å². The molecule has 1 fully saturated rings. The maximum atomic E-state index is 11.2. The zero-order chi connectivity index (χ0) is 14.1. The van der Waals surface area contributed by atoms with Gasteiger partial charge in [0.05, 0.1) is 19.3 Å². The smallest absolute Gasteiger partial charge is 0.407 e. The lowest BCUT2D eigenvalue weighted by molar-refractivity contribution is 0.167. The van der Waals surface area contributed by atoms with Crippen molar-refractivity contribution in [3.8, 4) is 0 Å². The van der Waals surface area contributed by atoms with Gasteiger partial charge in [-0.3, -0.25) is 0 Å². The maximum absolute atomic E-state index is 11.2. The van der Waals surface area contributed by atoms with Gasteiger partial charge in [-0.2, -0.15) is 0 Å². The van der Waals surface area contributed by atoms with E-state index in [1.807, 2.05) is 10.6 Å². The molecule has 1 unspecified atom stereocenters. The molecule has 8 heteroatoms. The molecule has 0 spiro atoms. The molecular formula is C12H16N6O2. The van der Waals surface area contributed by atoms with Gasteiger partial charge in [0.1, 0.15) is 5.82 Å². The van der Waals surface area contributed by atoms with Crippen molar-refractivity contribution in [1.29, 1.82) is 0 Å². The fraction of sp³-hybridized carbons (Fsp3) is 0.417. The number of hydrogen-bond donors (Lipinski definition) is 2. The fourth-order valence-electron chi connectivity index (χ4n) is 2.44. The summed E-state index contributed by atoms with van der Waals surface area (Å²) in [7, 11) is 1.36. The van der Waals surface area contributed by atoms with Crippen LogP contribution < -0.4 is 16.0 Å². The number of imidazole rings is 1. The lowest BCUT2D eigenvalue weighted by atomic mass is 10.3. The highest BCUT2D eigenvalue weighted by atomic mass is 16.5. The summed E-state index contributed by atoms with van der Waals surface area (Å²) in [5, 5.41) is 2.80. The van der Waals surface area contributed by atoms with E-state index in [4.69, 9.17) is 5.73 Å². The third kappa shape index (κ3) is 2.20. The predicted molar refractivity (Wildman–Crippen MR) is 73.6 cm³/mol. The van der Waals surface area contributed by atoms with Crippen LogP contribution in [-0.4, -0.2) is 46.7 Å². The van der Waals surface area contributed by atoms with Crippen molar-refractivity contribution in [2.24, 2.45) is 0 Å². The number of nitrogens with one attached hydrogen (secondary N) is 1. The van der Waals surface area contributed by atoms with Gasteiger partial charge in [-0.05, 0) is 6.42 Å². The highest BCUT2D eigenvalue weighted by Crippen LogP contribution is 2.23. The molecule has 2 aromatic heterocycles. The van der Waals surface area contributed by atoms with E-state index in [1.165, 1.54) is 7.11 Å². The first kappa shape index (κ1) is 12.5. The first-order chi connectivity index (χ1) is 9.67. The molecule has 1 atom stereocenters. The normalized spacial score (nSPS) is 18.4. The molecule has 3 rings (SSSR count). The van der Waals surface area contributed by atoms with E-state index in [2.05, 4.69) is 24.9 Å². The van der Waals surface area contributed by atoms with E-state index >= 15 is 0 Å². The van der Waals surface area contributed by atoms with Crippen molar-refractivity contribution >= 4 is 23.4 Å². The van der Waals surface area contributed by atoms with E-state index in [0.29, 0.717) is 12.4 Å². The van der Waals surface area contributed by atoms with Gasteiger partial charge < -0.3 is 25.1 Å². The third-order valence-electron chi connectivity index (χ3n) is 3.37. The summed E-state index contributed by atoms with van der Waals surface area (Å²) in [6.07, 6.45) is 5.69. The van der Waals surface area contributed by atoms with Crippen LogP contribution in [-0.2, 0) is 4.74 Å². The maximum Gasteiger partial charge on any atom is 0.407 e. The molecule has 0 saturated carbocycles. The average Bonchev–Trinajstić information content (AvgIpc) is 3.06. The second-order valence-corrected chi connectivity index (χ2v) is 4.72. The molecule has 1 saturated heterocycles. The number of carbonyl (C=O) groups is 1. The van der Waals surface area contributed by atoms with Crippen LogP contribution in [0, 0.1) is 0 Å². The van der Waals surface area contributed by atoms with Crippen molar-refractivity contribution in [3.05, 3.63) is 18.6 Å². The Bertz CT molecular complexity index is 640. The quantitative estimate of drug-likeness (QED) is 0.815. The number of anilines is 2. The number of aromatic nitrogens is 3. The molecular weight excluding hydrogens is 260 g/mol. The Morgan fingerprint density at radius 3 is 3.25 bits per heavy atom. The van der Waals surface area contributed by atoms with E-state index < -0.39 is 6.09 Å². The van der Waals surface area contributed by atoms with Crippen molar-refractivity contribution in [2.45, 2.75) is 12.5 Å². The Labute approximate surface area is 115 Å². The van der Waals surface area contributed by atoms with Crippen molar-refractivity contribution in [1.82, 2.24) is 19.7 Å². The second-order valence-electron chi connectivity index (χ2n) is 4.72. The van der Waals surface area contributed by atoms with Crippen molar-refractivity contribution < 1.29 is 9.53 Å². The SMILES string of the molecule is COC(=O)NC1CCN(c2nc(N)cn3ccnc23)C1. The van der Waals surface area contributed by atoms with Gasteiger partial charge in [-0.25, -0.2) is 14.8 Å². The van der Waals surface area contributed by atoms with Crippen LogP contribution >= 0.6 is 0 Å². The number of nitrogens with two attached hydrogens (primary N) is 1.